The molecule has 0 saturated heterocycles. The highest BCUT2D eigenvalue weighted by atomic mass is 15.2. The molecule has 0 aromatic carbocycles. The lowest BCUT2D eigenvalue weighted by molar-refractivity contribution is 0.477. The summed E-state index contributed by atoms with van der Waals surface area (Å²) >= 11 is 0. The Labute approximate surface area is 74.1 Å². The fraction of sp³-hybridized carbons (Fsp3) is 0.500. The normalized spacial score (nSPS) is 23.8. The molecule has 2 heteroatoms. The molecule has 12 heavy (non-hydrogen) atoms. The molecule has 0 aromatic rings. The van der Waals surface area contributed by atoms with Crippen LogP contribution < -0.4 is 0 Å². The fourth-order valence-electron chi connectivity index (χ4n) is 1.64. The Morgan fingerprint density at radius 1 is 1.50 bits per heavy atom. The summed E-state index contributed by atoms with van der Waals surface area (Å²) in [5.74, 6) is 0.573. The second-order valence-electron chi connectivity index (χ2n) is 3.39. The molecular formula is C10H16N2. The summed E-state index contributed by atoms with van der Waals surface area (Å²) in [5, 5.41) is 7.57. The van der Waals surface area contributed by atoms with Gasteiger partial charge in [0.1, 0.15) is 0 Å². The molecule has 1 atom stereocenters. The van der Waals surface area contributed by atoms with Gasteiger partial charge >= 0.3 is 0 Å². The van der Waals surface area contributed by atoms with Crippen LogP contribution in [-0.4, -0.2) is 16.8 Å². The molecule has 0 bridgehead atoms. The summed E-state index contributed by atoms with van der Waals surface area (Å²) in [4.78, 5) is 1.96. The molecule has 0 aromatic heterocycles. The first-order chi connectivity index (χ1) is 5.46. The average Bonchev–Trinajstić information content (AvgIpc) is 2.16. The number of nitrogens with one attached hydrogen (secondary N) is 1. The molecule has 1 N–H and O–H groups in total. The zero-order valence-corrected chi connectivity index (χ0v) is 8.23. The topological polar surface area (TPSA) is 27.1 Å². The third-order valence-electron chi connectivity index (χ3n) is 2.69. The van der Waals surface area contributed by atoms with Crippen LogP contribution in [0.4, 0.5) is 0 Å². The van der Waals surface area contributed by atoms with Gasteiger partial charge in [0.2, 0.25) is 0 Å². The van der Waals surface area contributed by atoms with Crippen LogP contribution in [-0.2, 0) is 0 Å². The van der Waals surface area contributed by atoms with Gasteiger partial charge in [-0.2, -0.15) is 0 Å². The number of rotatable bonds is 0. The number of allylic oxidation sites excluding steroid dienone is 1. The highest BCUT2D eigenvalue weighted by molar-refractivity contribution is 5.81. The largest absolute Gasteiger partial charge is 0.324 e. The van der Waals surface area contributed by atoms with Crippen LogP contribution in [0.3, 0.4) is 0 Å². The van der Waals surface area contributed by atoms with Gasteiger partial charge in [-0.15, -0.1) is 0 Å². The van der Waals surface area contributed by atoms with Crippen LogP contribution in [0.1, 0.15) is 27.7 Å². The second kappa shape index (κ2) is 2.77. The molecule has 0 amide bonds. The van der Waals surface area contributed by atoms with Crippen LogP contribution in [0.25, 0.3) is 0 Å². The van der Waals surface area contributed by atoms with Crippen molar-refractivity contribution in [1.29, 1.82) is 5.41 Å². The lowest BCUT2D eigenvalue weighted by atomic mass is 10.1. The van der Waals surface area contributed by atoms with Crippen LogP contribution in [0.5, 0.6) is 0 Å². The van der Waals surface area contributed by atoms with Gasteiger partial charge in [-0.05, 0) is 38.8 Å². The van der Waals surface area contributed by atoms with Crippen molar-refractivity contribution in [3.8, 4) is 0 Å². The Morgan fingerprint density at radius 3 is 2.17 bits per heavy atom. The fourth-order valence-corrected chi connectivity index (χ4v) is 1.64. The van der Waals surface area contributed by atoms with E-state index in [2.05, 4.69) is 27.4 Å². The van der Waals surface area contributed by atoms with Gasteiger partial charge in [0, 0.05) is 5.70 Å². The molecule has 0 saturated carbocycles. The predicted octanol–water partition coefficient (Wildman–Crippen LogP) is 2.54. The van der Waals surface area contributed by atoms with E-state index in [4.69, 9.17) is 5.41 Å². The average molecular weight is 164 g/mol. The number of amidine groups is 1. The Balaban J connectivity index is 3.03. The van der Waals surface area contributed by atoms with Crippen molar-refractivity contribution in [3.05, 3.63) is 23.4 Å². The van der Waals surface area contributed by atoms with Crippen LogP contribution in [0.2, 0.25) is 0 Å². The maximum Gasteiger partial charge on any atom is 0.0976 e. The minimum atomic E-state index is 0.315. The van der Waals surface area contributed by atoms with Gasteiger partial charge in [0.15, 0.2) is 0 Å². The molecule has 0 aliphatic carbocycles. The van der Waals surface area contributed by atoms with Crippen molar-refractivity contribution >= 4 is 5.84 Å². The molecule has 1 unspecified atom stereocenters. The van der Waals surface area contributed by atoms with Gasteiger partial charge in [0.05, 0.1) is 11.9 Å². The van der Waals surface area contributed by atoms with Crippen molar-refractivity contribution in [2.45, 2.75) is 33.7 Å². The summed E-state index contributed by atoms with van der Waals surface area (Å²) in [6, 6.07) is 0.315. The Hall–Kier alpha value is -1.05. The van der Waals surface area contributed by atoms with E-state index in [0.717, 1.165) is 5.70 Å². The van der Waals surface area contributed by atoms with E-state index >= 15 is 0 Å². The summed E-state index contributed by atoms with van der Waals surface area (Å²) < 4.78 is 0. The molecule has 1 heterocycles. The lowest BCUT2D eigenvalue weighted by Gasteiger charge is -2.24. The quantitative estimate of drug-likeness (QED) is 0.432. The predicted molar refractivity (Wildman–Crippen MR) is 52.2 cm³/mol. The minimum Gasteiger partial charge on any atom is -0.324 e. The first-order valence-corrected chi connectivity index (χ1v) is 4.17. The highest BCUT2D eigenvalue weighted by Crippen LogP contribution is 2.31. The minimum absolute atomic E-state index is 0.315. The van der Waals surface area contributed by atoms with Crippen LogP contribution in [0.15, 0.2) is 23.4 Å². The van der Waals surface area contributed by atoms with Gasteiger partial charge in [-0.3, -0.25) is 5.41 Å². The van der Waals surface area contributed by atoms with E-state index in [1.807, 2.05) is 4.90 Å². The van der Waals surface area contributed by atoms with Crippen molar-refractivity contribution in [3.63, 3.8) is 0 Å². The van der Waals surface area contributed by atoms with E-state index in [0.29, 0.717) is 11.9 Å². The molecule has 66 valence electrons. The second-order valence-corrected chi connectivity index (χ2v) is 3.39. The molecule has 2 nitrogen and oxygen atoms in total. The van der Waals surface area contributed by atoms with E-state index in [9.17, 15) is 0 Å². The standard InChI is InChI=1S/C10H16N2/c1-6-7(2)9(4)12(8(6)3)10(5)11/h9,11H,3H2,1-2,4-5H3. The van der Waals surface area contributed by atoms with E-state index in [1.165, 1.54) is 11.1 Å². The van der Waals surface area contributed by atoms with E-state index in [-0.39, 0.29) is 0 Å². The molecule has 1 aliphatic heterocycles. The summed E-state index contributed by atoms with van der Waals surface area (Å²) in [6.07, 6.45) is 0. The van der Waals surface area contributed by atoms with Gasteiger partial charge < -0.3 is 4.90 Å². The third-order valence-corrected chi connectivity index (χ3v) is 2.69. The van der Waals surface area contributed by atoms with Crippen molar-refractivity contribution in [1.82, 2.24) is 4.90 Å². The van der Waals surface area contributed by atoms with E-state index in [1.54, 1.807) is 6.92 Å². The number of hydrogen-bond acceptors (Lipinski definition) is 1. The SMILES string of the molecule is C=C1C(C)=C(C)C(C)N1C(C)=N. The monoisotopic (exact) mass is 164 g/mol. The van der Waals surface area contributed by atoms with Crippen molar-refractivity contribution < 1.29 is 0 Å². The van der Waals surface area contributed by atoms with E-state index < -0.39 is 0 Å². The molecular weight excluding hydrogens is 148 g/mol. The molecule has 1 aliphatic rings. The zero-order chi connectivity index (χ0) is 9.46. The molecule has 0 fully saturated rings. The van der Waals surface area contributed by atoms with Crippen LogP contribution in [0, 0.1) is 5.41 Å². The highest BCUT2D eigenvalue weighted by Gasteiger charge is 2.27. The van der Waals surface area contributed by atoms with Gasteiger partial charge in [-0.1, -0.05) is 6.58 Å². The zero-order valence-electron chi connectivity index (χ0n) is 8.23. The van der Waals surface area contributed by atoms with Crippen LogP contribution >= 0.6 is 0 Å². The first kappa shape index (κ1) is 9.04. The smallest absolute Gasteiger partial charge is 0.0976 e. The third kappa shape index (κ3) is 1.07. The van der Waals surface area contributed by atoms with Crippen molar-refractivity contribution in [2.75, 3.05) is 0 Å². The Bertz CT molecular complexity index is 274. The van der Waals surface area contributed by atoms with Gasteiger partial charge in [-0.25, -0.2) is 0 Å². The molecule has 1 rings (SSSR count). The first-order valence-electron chi connectivity index (χ1n) is 4.17. The Kier molecular flexibility index (Phi) is 2.09. The summed E-state index contributed by atoms with van der Waals surface area (Å²) in [7, 11) is 0. The lowest BCUT2D eigenvalue weighted by Crippen LogP contribution is -2.31. The maximum atomic E-state index is 7.57. The van der Waals surface area contributed by atoms with Gasteiger partial charge in [0.25, 0.3) is 0 Å². The molecule has 0 radical (unpaired) electrons. The number of hydrogen-bond donors (Lipinski definition) is 1. The summed E-state index contributed by atoms with van der Waals surface area (Å²) in [5.41, 5.74) is 3.54. The summed E-state index contributed by atoms with van der Waals surface area (Å²) in [6.45, 7) is 12.0. The maximum absolute atomic E-state index is 7.57. The molecule has 0 spiro atoms. The number of nitrogens with zero attached hydrogens (tertiary/aromatic N) is 1. The Morgan fingerprint density at radius 2 is 2.00 bits per heavy atom. The van der Waals surface area contributed by atoms with Crippen molar-refractivity contribution in [2.24, 2.45) is 0 Å².